The zero-order valence-electron chi connectivity index (χ0n) is 12.7. The Hall–Kier alpha value is -0.160. The molecule has 0 saturated heterocycles. The first-order valence-electron chi connectivity index (χ1n) is 6.88. The largest absolute Gasteiger partial charge is 0.392 e. The van der Waals surface area contributed by atoms with E-state index in [1.54, 1.807) is 6.92 Å². The maximum absolute atomic E-state index is 9.81. The summed E-state index contributed by atoms with van der Waals surface area (Å²) in [6, 6.07) is 0. The Bertz CT molecular complexity index is 217. The van der Waals surface area contributed by atoms with Crippen LogP contribution in [-0.4, -0.2) is 47.2 Å². The summed E-state index contributed by atoms with van der Waals surface area (Å²) in [7, 11) is 0. The van der Waals surface area contributed by atoms with E-state index in [2.05, 4.69) is 19.2 Å². The molecule has 4 nitrogen and oxygen atoms in total. The number of nitrogens with one attached hydrogen (secondary N) is 1. The van der Waals surface area contributed by atoms with Crippen LogP contribution in [0, 0.1) is 5.92 Å². The van der Waals surface area contributed by atoms with Crippen molar-refractivity contribution >= 4 is 0 Å². The molecule has 0 aromatic carbocycles. The van der Waals surface area contributed by atoms with Gasteiger partial charge in [0.2, 0.25) is 0 Å². The maximum Gasteiger partial charge on any atom is 0.0898 e. The quantitative estimate of drug-likeness (QED) is 0.589. The molecule has 3 N–H and O–H groups in total. The van der Waals surface area contributed by atoms with Crippen molar-refractivity contribution in [3.8, 4) is 0 Å². The molecule has 0 bridgehead atoms. The summed E-state index contributed by atoms with van der Waals surface area (Å²) in [5.41, 5.74) is -0.398. The second-order valence-corrected chi connectivity index (χ2v) is 6.21. The molecule has 0 radical (unpaired) electrons. The summed E-state index contributed by atoms with van der Waals surface area (Å²) < 4.78 is 5.59. The Labute approximate surface area is 112 Å². The standard InChI is InChI=1S/C14H31NO3/c1-10(2)7-11(3)18-9-13(17)8-15-14(5,6)12(4)16/h10-13,15-17H,7-9H2,1-6H3. The van der Waals surface area contributed by atoms with Crippen molar-refractivity contribution in [2.45, 2.75) is 71.8 Å². The van der Waals surface area contributed by atoms with Crippen molar-refractivity contribution in [3.63, 3.8) is 0 Å². The van der Waals surface area contributed by atoms with E-state index in [9.17, 15) is 10.2 Å². The average Bonchev–Trinajstić information content (AvgIpc) is 2.22. The van der Waals surface area contributed by atoms with Gasteiger partial charge in [0.25, 0.3) is 0 Å². The van der Waals surface area contributed by atoms with E-state index in [0.717, 1.165) is 6.42 Å². The van der Waals surface area contributed by atoms with E-state index in [1.807, 2.05) is 20.8 Å². The molecule has 0 aliphatic carbocycles. The van der Waals surface area contributed by atoms with Crippen molar-refractivity contribution in [2.75, 3.05) is 13.2 Å². The van der Waals surface area contributed by atoms with Gasteiger partial charge in [0.15, 0.2) is 0 Å². The third-order valence-electron chi connectivity index (χ3n) is 3.21. The van der Waals surface area contributed by atoms with Crippen LogP contribution in [0.2, 0.25) is 0 Å². The van der Waals surface area contributed by atoms with Crippen molar-refractivity contribution in [2.24, 2.45) is 5.92 Å². The Morgan fingerprint density at radius 1 is 1.11 bits per heavy atom. The Morgan fingerprint density at radius 3 is 2.11 bits per heavy atom. The molecule has 0 fully saturated rings. The number of rotatable bonds is 9. The lowest BCUT2D eigenvalue weighted by atomic mass is 9.98. The molecule has 0 aliphatic heterocycles. The van der Waals surface area contributed by atoms with Crippen LogP contribution in [0.3, 0.4) is 0 Å². The van der Waals surface area contributed by atoms with Crippen LogP contribution < -0.4 is 5.32 Å². The first-order chi connectivity index (χ1) is 8.15. The molecular weight excluding hydrogens is 230 g/mol. The van der Waals surface area contributed by atoms with Crippen LogP contribution in [0.15, 0.2) is 0 Å². The molecule has 18 heavy (non-hydrogen) atoms. The lowest BCUT2D eigenvalue weighted by Gasteiger charge is -2.30. The Kier molecular flexibility index (Phi) is 8.03. The minimum absolute atomic E-state index is 0.171. The molecule has 0 rings (SSSR count). The van der Waals surface area contributed by atoms with Gasteiger partial charge in [-0.15, -0.1) is 0 Å². The second kappa shape index (κ2) is 8.10. The van der Waals surface area contributed by atoms with Gasteiger partial charge in [0, 0.05) is 12.1 Å². The second-order valence-electron chi connectivity index (χ2n) is 6.21. The summed E-state index contributed by atoms with van der Waals surface area (Å²) in [5, 5.41) is 22.5. The normalized spacial score (nSPS) is 17.8. The van der Waals surface area contributed by atoms with E-state index in [-0.39, 0.29) is 6.10 Å². The number of hydrogen-bond donors (Lipinski definition) is 3. The molecule has 0 spiro atoms. The molecule has 0 aromatic heterocycles. The van der Waals surface area contributed by atoms with Crippen LogP contribution >= 0.6 is 0 Å². The number of ether oxygens (including phenoxy) is 1. The summed E-state index contributed by atoms with van der Waals surface area (Å²) >= 11 is 0. The third kappa shape index (κ3) is 8.03. The van der Waals surface area contributed by atoms with E-state index in [1.165, 1.54) is 0 Å². The fourth-order valence-electron chi connectivity index (χ4n) is 1.59. The predicted octanol–water partition coefficient (Wildman–Crippen LogP) is 1.55. The molecule has 3 atom stereocenters. The smallest absolute Gasteiger partial charge is 0.0898 e. The summed E-state index contributed by atoms with van der Waals surface area (Å²) in [5.74, 6) is 0.601. The van der Waals surface area contributed by atoms with E-state index >= 15 is 0 Å². The average molecular weight is 261 g/mol. The lowest BCUT2D eigenvalue weighted by Crippen LogP contribution is -2.51. The van der Waals surface area contributed by atoms with Gasteiger partial charge < -0.3 is 20.3 Å². The number of hydrogen-bond acceptors (Lipinski definition) is 4. The highest BCUT2D eigenvalue weighted by atomic mass is 16.5. The monoisotopic (exact) mass is 261 g/mol. The van der Waals surface area contributed by atoms with Crippen LogP contribution in [0.1, 0.15) is 48.0 Å². The SMILES string of the molecule is CC(C)CC(C)OCC(O)CNC(C)(C)C(C)O. The molecule has 0 amide bonds. The number of aliphatic hydroxyl groups is 2. The van der Waals surface area contributed by atoms with Gasteiger partial charge in [-0.3, -0.25) is 0 Å². The highest BCUT2D eigenvalue weighted by molar-refractivity contribution is 4.83. The minimum atomic E-state index is -0.544. The molecule has 110 valence electrons. The van der Waals surface area contributed by atoms with E-state index in [0.29, 0.717) is 19.1 Å². The van der Waals surface area contributed by atoms with Gasteiger partial charge in [-0.2, -0.15) is 0 Å². The molecule has 4 heteroatoms. The van der Waals surface area contributed by atoms with E-state index in [4.69, 9.17) is 4.74 Å². The van der Waals surface area contributed by atoms with Gasteiger partial charge >= 0.3 is 0 Å². The predicted molar refractivity (Wildman–Crippen MR) is 74.6 cm³/mol. The zero-order valence-corrected chi connectivity index (χ0v) is 12.7. The van der Waals surface area contributed by atoms with Crippen LogP contribution in [-0.2, 0) is 4.74 Å². The molecule has 0 saturated carbocycles. The zero-order chi connectivity index (χ0) is 14.3. The maximum atomic E-state index is 9.81. The first-order valence-corrected chi connectivity index (χ1v) is 6.88. The van der Waals surface area contributed by atoms with Crippen molar-refractivity contribution in [1.29, 1.82) is 0 Å². The fourth-order valence-corrected chi connectivity index (χ4v) is 1.59. The Balaban J connectivity index is 3.81. The molecule has 0 aliphatic rings. The van der Waals surface area contributed by atoms with Gasteiger partial charge in [-0.1, -0.05) is 13.8 Å². The van der Waals surface area contributed by atoms with Gasteiger partial charge in [0.1, 0.15) is 0 Å². The van der Waals surface area contributed by atoms with Gasteiger partial charge in [-0.05, 0) is 40.0 Å². The molecule has 0 heterocycles. The van der Waals surface area contributed by atoms with E-state index < -0.39 is 17.7 Å². The summed E-state index contributed by atoms with van der Waals surface area (Å²) in [6.45, 7) is 12.6. The molecular formula is C14H31NO3. The van der Waals surface area contributed by atoms with Crippen molar-refractivity contribution in [1.82, 2.24) is 5.32 Å². The highest BCUT2D eigenvalue weighted by Gasteiger charge is 2.24. The minimum Gasteiger partial charge on any atom is -0.392 e. The van der Waals surface area contributed by atoms with Crippen LogP contribution in [0.5, 0.6) is 0 Å². The first kappa shape index (κ1) is 17.8. The molecule has 0 aromatic rings. The van der Waals surface area contributed by atoms with Crippen LogP contribution in [0.25, 0.3) is 0 Å². The van der Waals surface area contributed by atoms with Gasteiger partial charge in [0.05, 0.1) is 24.9 Å². The molecule has 3 unspecified atom stereocenters. The third-order valence-corrected chi connectivity index (χ3v) is 3.21. The highest BCUT2D eigenvalue weighted by Crippen LogP contribution is 2.09. The topological polar surface area (TPSA) is 61.7 Å². The number of β-amino-alcohol motifs (C(OH)–C–C–N with tert-alkyl or cyclic N) is 1. The lowest BCUT2D eigenvalue weighted by molar-refractivity contribution is -0.0137. The fraction of sp³-hybridized carbons (Fsp3) is 1.00. The summed E-state index contributed by atoms with van der Waals surface area (Å²) in [6.07, 6.45) is 0.159. The van der Waals surface area contributed by atoms with Gasteiger partial charge in [-0.25, -0.2) is 0 Å². The van der Waals surface area contributed by atoms with Crippen LogP contribution in [0.4, 0.5) is 0 Å². The summed E-state index contributed by atoms with van der Waals surface area (Å²) in [4.78, 5) is 0. The van der Waals surface area contributed by atoms with Crippen molar-refractivity contribution in [3.05, 3.63) is 0 Å². The number of aliphatic hydroxyl groups excluding tert-OH is 2. The van der Waals surface area contributed by atoms with Crippen molar-refractivity contribution < 1.29 is 14.9 Å². The Morgan fingerprint density at radius 2 is 1.67 bits per heavy atom.